The Hall–Kier alpha value is -1.59. The summed E-state index contributed by atoms with van der Waals surface area (Å²) < 4.78 is 49.7. The van der Waals surface area contributed by atoms with Gasteiger partial charge in [-0.2, -0.15) is 13.2 Å². The molecular weight excluding hydrogens is 274 g/mol. The van der Waals surface area contributed by atoms with Crippen molar-refractivity contribution in [3.63, 3.8) is 0 Å². The van der Waals surface area contributed by atoms with E-state index in [1.54, 1.807) is 0 Å². The summed E-state index contributed by atoms with van der Waals surface area (Å²) in [7, 11) is 0. The average Bonchev–Trinajstić information content (AvgIpc) is 2.33. The van der Waals surface area contributed by atoms with E-state index >= 15 is 0 Å². The number of benzene rings is 1. The Morgan fingerprint density at radius 2 is 1.65 bits per heavy atom. The third-order valence-corrected chi connectivity index (χ3v) is 1.60. The summed E-state index contributed by atoms with van der Waals surface area (Å²) in [5.41, 5.74) is -1.64. The first-order valence-corrected chi connectivity index (χ1v) is 6.36. The SMILES string of the molecule is CC.CC(=O)Nc1ccc(F)cc1C(F)(F)F.CCC. The van der Waals surface area contributed by atoms with Gasteiger partial charge < -0.3 is 5.32 Å². The van der Waals surface area contributed by atoms with Crippen molar-refractivity contribution in [3.8, 4) is 0 Å². The molecular formula is C14H21F4NO. The largest absolute Gasteiger partial charge is 0.418 e. The predicted octanol–water partition coefficient (Wildman–Crippen LogP) is 5.25. The lowest BCUT2D eigenvalue weighted by Gasteiger charge is -2.12. The molecule has 1 amide bonds. The van der Waals surface area contributed by atoms with Gasteiger partial charge in [0.25, 0.3) is 0 Å². The van der Waals surface area contributed by atoms with Gasteiger partial charge in [0.15, 0.2) is 0 Å². The Bertz CT molecular complexity index is 403. The highest BCUT2D eigenvalue weighted by Crippen LogP contribution is 2.35. The van der Waals surface area contributed by atoms with E-state index in [1.807, 2.05) is 19.2 Å². The maximum absolute atomic E-state index is 12.6. The number of carbonyl (C=O) groups excluding carboxylic acids is 1. The molecule has 0 aliphatic carbocycles. The van der Waals surface area contributed by atoms with Gasteiger partial charge in [0.2, 0.25) is 5.91 Å². The lowest BCUT2D eigenvalue weighted by molar-refractivity contribution is -0.137. The highest BCUT2D eigenvalue weighted by Gasteiger charge is 2.34. The molecule has 0 aliphatic heterocycles. The first kappa shape index (κ1) is 20.7. The smallest absolute Gasteiger partial charge is 0.326 e. The Morgan fingerprint density at radius 1 is 1.20 bits per heavy atom. The molecule has 1 aromatic carbocycles. The third kappa shape index (κ3) is 8.50. The van der Waals surface area contributed by atoms with Gasteiger partial charge in [-0.15, -0.1) is 0 Å². The van der Waals surface area contributed by atoms with Crippen LogP contribution in [0.15, 0.2) is 18.2 Å². The van der Waals surface area contributed by atoms with E-state index in [0.29, 0.717) is 6.07 Å². The third-order valence-electron chi connectivity index (χ3n) is 1.60. The molecule has 20 heavy (non-hydrogen) atoms. The maximum Gasteiger partial charge on any atom is 0.418 e. The molecule has 0 aliphatic rings. The summed E-state index contributed by atoms with van der Waals surface area (Å²) in [5.74, 6) is -1.65. The molecule has 0 spiro atoms. The fourth-order valence-corrected chi connectivity index (χ4v) is 1.05. The molecule has 0 heterocycles. The number of alkyl halides is 3. The first-order chi connectivity index (χ1) is 9.22. The molecule has 1 aromatic rings. The van der Waals surface area contributed by atoms with Gasteiger partial charge in [-0.05, 0) is 18.2 Å². The average molecular weight is 295 g/mol. The topological polar surface area (TPSA) is 29.1 Å². The number of anilines is 1. The molecule has 0 saturated heterocycles. The molecule has 0 radical (unpaired) electrons. The monoisotopic (exact) mass is 295 g/mol. The summed E-state index contributed by atoms with van der Waals surface area (Å²) >= 11 is 0. The van der Waals surface area contributed by atoms with Gasteiger partial charge in [-0.1, -0.05) is 34.1 Å². The minimum absolute atomic E-state index is 0.339. The second-order valence-electron chi connectivity index (χ2n) is 3.58. The number of rotatable bonds is 1. The Kier molecular flexibility index (Phi) is 10.6. The van der Waals surface area contributed by atoms with Gasteiger partial charge in [-0.25, -0.2) is 4.39 Å². The molecule has 6 heteroatoms. The molecule has 0 aromatic heterocycles. The van der Waals surface area contributed by atoms with Crippen LogP contribution in [0.2, 0.25) is 0 Å². The second-order valence-corrected chi connectivity index (χ2v) is 3.58. The molecule has 1 rings (SSSR count). The van der Waals surface area contributed by atoms with Crippen molar-refractivity contribution in [3.05, 3.63) is 29.6 Å². The van der Waals surface area contributed by atoms with E-state index in [9.17, 15) is 22.4 Å². The standard InChI is InChI=1S/C9H7F4NO.C3H8.C2H6/c1-5(15)14-8-3-2-6(10)4-7(8)9(11,12)13;1-3-2;1-2/h2-4H,1H3,(H,14,15);3H2,1-2H3;1-2H3. The molecule has 0 atom stereocenters. The molecule has 116 valence electrons. The van der Waals surface area contributed by atoms with Crippen LogP contribution in [-0.4, -0.2) is 5.91 Å². The van der Waals surface area contributed by atoms with Crippen LogP contribution in [0, 0.1) is 5.82 Å². The second kappa shape index (κ2) is 10.2. The Labute approximate surface area is 117 Å². The highest BCUT2D eigenvalue weighted by molar-refractivity contribution is 5.89. The Morgan fingerprint density at radius 3 is 2.00 bits per heavy atom. The van der Waals surface area contributed by atoms with Gasteiger partial charge in [0.05, 0.1) is 11.3 Å². The zero-order valence-corrected chi connectivity index (χ0v) is 12.4. The number of amides is 1. The summed E-state index contributed by atoms with van der Waals surface area (Å²) in [6, 6.07) is 2.06. The fourth-order valence-electron chi connectivity index (χ4n) is 1.05. The summed E-state index contributed by atoms with van der Waals surface area (Å²) in [6.07, 6.45) is -3.44. The molecule has 0 bridgehead atoms. The maximum atomic E-state index is 12.6. The molecule has 0 saturated carbocycles. The molecule has 0 fully saturated rings. The summed E-state index contributed by atoms with van der Waals surface area (Å²) in [6.45, 7) is 9.32. The van der Waals surface area contributed by atoms with Crippen LogP contribution in [-0.2, 0) is 11.0 Å². The van der Waals surface area contributed by atoms with Crippen LogP contribution in [0.5, 0.6) is 0 Å². The van der Waals surface area contributed by atoms with Crippen molar-refractivity contribution in [2.45, 2.75) is 47.2 Å². The Balaban J connectivity index is 0. The fraction of sp³-hybridized carbons (Fsp3) is 0.500. The van der Waals surface area contributed by atoms with Gasteiger partial charge in [0.1, 0.15) is 5.82 Å². The predicted molar refractivity (Wildman–Crippen MR) is 73.0 cm³/mol. The minimum Gasteiger partial charge on any atom is -0.326 e. The van der Waals surface area contributed by atoms with Crippen LogP contribution in [0.25, 0.3) is 0 Å². The van der Waals surface area contributed by atoms with E-state index in [-0.39, 0.29) is 0 Å². The number of halogens is 4. The minimum atomic E-state index is -4.69. The lowest BCUT2D eigenvalue weighted by Crippen LogP contribution is -2.14. The van der Waals surface area contributed by atoms with E-state index < -0.39 is 29.2 Å². The van der Waals surface area contributed by atoms with Crippen molar-refractivity contribution in [1.82, 2.24) is 0 Å². The van der Waals surface area contributed by atoms with E-state index in [2.05, 4.69) is 13.8 Å². The van der Waals surface area contributed by atoms with Crippen molar-refractivity contribution in [2.24, 2.45) is 0 Å². The van der Waals surface area contributed by atoms with Crippen molar-refractivity contribution < 1.29 is 22.4 Å². The van der Waals surface area contributed by atoms with Crippen molar-refractivity contribution in [2.75, 3.05) is 5.32 Å². The zero-order chi connectivity index (χ0) is 16.3. The highest BCUT2D eigenvalue weighted by atomic mass is 19.4. The number of hydrogen-bond acceptors (Lipinski definition) is 1. The zero-order valence-electron chi connectivity index (χ0n) is 12.4. The molecule has 1 N–H and O–H groups in total. The van der Waals surface area contributed by atoms with Crippen LogP contribution in [0.1, 0.15) is 46.6 Å². The van der Waals surface area contributed by atoms with Crippen LogP contribution >= 0.6 is 0 Å². The number of nitrogens with one attached hydrogen (secondary N) is 1. The van der Waals surface area contributed by atoms with Gasteiger partial charge in [0, 0.05) is 6.92 Å². The summed E-state index contributed by atoms with van der Waals surface area (Å²) in [4.78, 5) is 10.6. The van der Waals surface area contributed by atoms with Crippen molar-refractivity contribution >= 4 is 11.6 Å². The first-order valence-electron chi connectivity index (χ1n) is 6.36. The van der Waals surface area contributed by atoms with E-state index in [0.717, 1.165) is 19.1 Å². The van der Waals surface area contributed by atoms with Gasteiger partial charge in [-0.3, -0.25) is 4.79 Å². The van der Waals surface area contributed by atoms with Crippen LogP contribution < -0.4 is 5.32 Å². The normalized spacial score (nSPS) is 9.65. The number of carbonyl (C=O) groups is 1. The molecule has 2 nitrogen and oxygen atoms in total. The van der Waals surface area contributed by atoms with E-state index in [1.165, 1.54) is 6.42 Å². The van der Waals surface area contributed by atoms with Crippen LogP contribution in [0.4, 0.5) is 23.2 Å². The van der Waals surface area contributed by atoms with E-state index in [4.69, 9.17) is 0 Å². The lowest BCUT2D eigenvalue weighted by atomic mass is 10.1. The number of hydrogen-bond donors (Lipinski definition) is 1. The molecule has 0 unspecified atom stereocenters. The van der Waals surface area contributed by atoms with Crippen molar-refractivity contribution in [1.29, 1.82) is 0 Å². The summed E-state index contributed by atoms with van der Waals surface area (Å²) in [5, 5.41) is 1.98. The quantitative estimate of drug-likeness (QED) is 0.705. The van der Waals surface area contributed by atoms with Crippen LogP contribution in [0.3, 0.4) is 0 Å². The van der Waals surface area contributed by atoms with Gasteiger partial charge >= 0.3 is 6.18 Å².